The number of nitrogens with two attached hydrogens (primary N) is 1. The van der Waals surface area contributed by atoms with Crippen LogP contribution < -0.4 is 5.73 Å². The third-order valence-corrected chi connectivity index (χ3v) is 4.78. The van der Waals surface area contributed by atoms with Crippen LogP contribution in [0.15, 0.2) is 17.5 Å². The Labute approximate surface area is 101 Å². The van der Waals surface area contributed by atoms with Gasteiger partial charge in [0, 0.05) is 22.8 Å². The molecular formula is C13H19NOS. The largest absolute Gasteiger partial charge is 0.327 e. The van der Waals surface area contributed by atoms with Gasteiger partial charge in [-0.2, -0.15) is 0 Å². The standard InChI is InChI=1S/C13H19NOS/c1-13(8-2-5-11(13)14)12(15)7-6-10-4-3-9-16-10/h3-4,9,11H,2,5-8,14H2,1H3. The van der Waals surface area contributed by atoms with Crippen LogP contribution in [0.25, 0.3) is 0 Å². The van der Waals surface area contributed by atoms with Crippen molar-refractivity contribution >= 4 is 17.1 Å². The van der Waals surface area contributed by atoms with E-state index in [2.05, 4.69) is 11.4 Å². The minimum absolute atomic E-state index is 0.0725. The van der Waals surface area contributed by atoms with Gasteiger partial charge in [-0.25, -0.2) is 0 Å². The second-order valence-corrected chi connectivity index (χ2v) is 5.95. The molecule has 0 aromatic carbocycles. The number of carbonyl (C=O) groups is 1. The lowest BCUT2D eigenvalue weighted by atomic mass is 9.79. The van der Waals surface area contributed by atoms with Gasteiger partial charge in [-0.1, -0.05) is 19.4 Å². The van der Waals surface area contributed by atoms with Gasteiger partial charge >= 0.3 is 0 Å². The highest BCUT2D eigenvalue weighted by Crippen LogP contribution is 2.38. The highest BCUT2D eigenvalue weighted by molar-refractivity contribution is 7.09. The second kappa shape index (κ2) is 4.68. The van der Waals surface area contributed by atoms with Crippen LogP contribution in [-0.4, -0.2) is 11.8 Å². The minimum atomic E-state index is -0.253. The summed E-state index contributed by atoms with van der Waals surface area (Å²) in [4.78, 5) is 13.5. The van der Waals surface area contributed by atoms with E-state index in [1.807, 2.05) is 13.0 Å². The number of Topliss-reactive ketones (excluding diaryl/α,β-unsaturated/α-hetero) is 1. The Morgan fingerprint density at radius 2 is 2.50 bits per heavy atom. The predicted octanol–water partition coefficient (Wildman–Crippen LogP) is 2.77. The molecule has 3 heteroatoms. The summed E-state index contributed by atoms with van der Waals surface area (Å²) in [5.74, 6) is 0.353. The monoisotopic (exact) mass is 237 g/mol. The highest BCUT2D eigenvalue weighted by Gasteiger charge is 2.41. The Bertz CT molecular complexity index is 360. The molecule has 2 unspecified atom stereocenters. The zero-order chi connectivity index (χ0) is 11.6. The van der Waals surface area contributed by atoms with Crippen LogP contribution in [0.5, 0.6) is 0 Å². The molecule has 2 rings (SSSR count). The van der Waals surface area contributed by atoms with E-state index in [-0.39, 0.29) is 11.5 Å². The van der Waals surface area contributed by atoms with E-state index in [0.29, 0.717) is 12.2 Å². The van der Waals surface area contributed by atoms with Crippen LogP contribution in [0, 0.1) is 5.41 Å². The average Bonchev–Trinajstić information content (AvgIpc) is 2.87. The van der Waals surface area contributed by atoms with Crippen molar-refractivity contribution in [3.63, 3.8) is 0 Å². The fourth-order valence-electron chi connectivity index (χ4n) is 2.52. The quantitative estimate of drug-likeness (QED) is 0.875. The predicted molar refractivity (Wildman–Crippen MR) is 67.6 cm³/mol. The molecule has 2 N–H and O–H groups in total. The van der Waals surface area contributed by atoms with Crippen molar-refractivity contribution in [2.45, 2.75) is 45.1 Å². The number of rotatable bonds is 4. The maximum absolute atomic E-state index is 12.2. The lowest BCUT2D eigenvalue weighted by Crippen LogP contribution is -2.41. The maximum atomic E-state index is 12.2. The Morgan fingerprint density at radius 3 is 3.06 bits per heavy atom. The molecule has 0 spiro atoms. The molecule has 2 atom stereocenters. The van der Waals surface area contributed by atoms with Crippen LogP contribution in [0.4, 0.5) is 0 Å². The van der Waals surface area contributed by atoms with Crippen molar-refractivity contribution in [3.8, 4) is 0 Å². The van der Waals surface area contributed by atoms with Gasteiger partial charge in [0.05, 0.1) is 0 Å². The van der Waals surface area contributed by atoms with E-state index in [1.165, 1.54) is 4.88 Å². The molecule has 0 saturated heterocycles. The van der Waals surface area contributed by atoms with Crippen LogP contribution in [-0.2, 0) is 11.2 Å². The summed E-state index contributed by atoms with van der Waals surface area (Å²) < 4.78 is 0. The van der Waals surface area contributed by atoms with Crippen LogP contribution in [0.1, 0.15) is 37.5 Å². The summed E-state index contributed by atoms with van der Waals surface area (Å²) in [7, 11) is 0. The summed E-state index contributed by atoms with van der Waals surface area (Å²) in [6.07, 6.45) is 4.59. The molecule has 1 aromatic rings. The number of hydrogen-bond acceptors (Lipinski definition) is 3. The molecule has 1 fully saturated rings. The SMILES string of the molecule is CC1(C(=O)CCc2cccs2)CCCC1N. The number of hydrogen-bond donors (Lipinski definition) is 1. The maximum Gasteiger partial charge on any atom is 0.140 e. The van der Waals surface area contributed by atoms with Gasteiger partial charge in [0.1, 0.15) is 5.78 Å². The first-order valence-corrected chi connectivity index (χ1v) is 6.82. The second-order valence-electron chi connectivity index (χ2n) is 4.92. The van der Waals surface area contributed by atoms with Crippen LogP contribution in [0.3, 0.4) is 0 Å². The smallest absolute Gasteiger partial charge is 0.140 e. The van der Waals surface area contributed by atoms with Crippen molar-refractivity contribution < 1.29 is 4.79 Å². The Kier molecular flexibility index (Phi) is 3.45. The molecule has 0 radical (unpaired) electrons. The van der Waals surface area contributed by atoms with E-state index >= 15 is 0 Å². The van der Waals surface area contributed by atoms with Gasteiger partial charge < -0.3 is 5.73 Å². The molecule has 1 aromatic heterocycles. The fourth-order valence-corrected chi connectivity index (χ4v) is 3.23. The molecule has 1 aliphatic rings. The zero-order valence-corrected chi connectivity index (χ0v) is 10.6. The summed E-state index contributed by atoms with van der Waals surface area (Å²) in [6.45, 7) is 2.04. The van der Waals surface area contributed by atoms with E-state index in [0.717, 1.165) is 25.7 Å². The normalized spacial score (nSPS) is 29.5. The van der Waals surface area contributed by atoms with Gasteiger partial charge in [-0.3, -0.25) is 4.79 Å². The Hall–Kier alpha value is -0.670. The molecule has 88 valence electrons. The first-order valence-electron chi connectivity index (χ1n) is 5.94. The summed E-state index contributed by atoms with van der Waals surface area (Å²) in [5, 5.41) is 2.06. The molecule has 16 heavy (non-hydrogen) atoms. The lowest BCUT2D eigenvalue weighted by molar-refractivity contribution is -0.128. The van der Waals surface area contributed by atoms with Gasteiger partial charge in [-0.15, -0.1) is 11.3 Å². The van der Waals surface area contributed by atoms with Crippen molar-refractivity contribution in [2.24, 2.45) is 11.1 Å². The fraction of sp³-hybridized carbons (Fsp3) is 0.615. The molecule has 0 aliphatic heterocycles. The summed E-state index contributed by atoms with van der Waals surface area (Å²) >= 11 is 1.72. The van der Waals surface area contributed by atoms with E-state index < -0.39 is 0 Å². The van der Waals surface area contributed by atoms with Gasteiger partial charge in [0.15, 0.2) is 0 Å². The third kappa shape index (κ3) is 2.20. The highest BCUT2D eigenvalue weighted by atomic mass is 32.1. The van der Waals surface area contributed by atoms with Crippen LogP contribution in [0.2, 0.25) is 0 Å². The summed E-state index contributed by atoms with van der Waals surface area (Å²) in [6, 6.07) is 4.20. The molecule has 2 nitrogen and oxygen atoms in total. The Morgan fingerprint density at radius 1 is 1.69 bits per heavy atom. The number of aryl methyl sites for hydroxylation is 1. The molecule has 0 amide bonds. The zero-order valence-electron chi connectivity index (χ0n) is 9.74. The van der Waals surface area contributed by atoms with Gasteiger partial charge in [-0.05, 0) is 30.7 Å². The van der Waals surface area contributed by atoms with Crippen LogP contribution >= 0.6 is 11.3 Å². The van der Waals surface area contributed by atoms with E-state index in [4.69, 9.17) is 5.73 Å². The molecule has 0 bridgehead atoms. The average molecular weight is 237 g/mol. The van der Waals surface area contributed by atoms with Gasteiger partial charge in [0.2, 0.25) is 0 Å². The molecule has 1 heterocycles. The number of thiophene rings is 1. The van der Waals surface area contributed by atoms with E-state index in [9.17, 15) is 4.79 Å². The summed E-state index contributed by atoms with van der Waals surface area (Å²) in [5.41, 5.74) is 5.79. The van der Waals surface area contributed by atoms with Crippen molar-refractivity contribution in [3.05, 3.63) is 22.4 Å². The van der Waals surface area contributed by atoms with Gasteiger partial charge in [0.25, 0.3) is 0 Å². The molecular weight excluding hydrogens is 218 g/mol. The van der Waals surface area contributed by atoms with E-state index in [1.54, 1.807) is 11.3 Å². The Balaban J connectivity index is 1.93. The third-order valence-electron chi connectivity index (χ3n) is 3.85. The molecule has 1 aliphatic carbocycles. The van der Waals surface area contributed by atoms with Crippen molar-refractivity contribution in [1.82, 2.24) is 0 Å². The van der Waals surface area contributed by atoms with Crippen molar-refractivity contribution in [1.29, 1.82) is 0 Å². The van der Waals surface area contributed by atoms with Crippen molar-refractivity contribution in [2.75, 3.05) is 0 Å². The lowest BCUT2D eigenvalue weighted by Gasteiger charge is -2.27. The minimum Gasteiger partial charge on any atom is -0.327 e. The molecule has 1 saturated carbocycles. The number of ketones is 1. The number of carbonyl (C=O) groups excluding carboxylic acids is 1. The first-order chi connectivity index (χ1) is 7.63. The first kappa shape index (κ1) is 11.8. The topological polar surface area (TPSA) is 43.1 Å².